The zero-order valence-corrected chi connectivity index (χ0v) is 9.10. The number of ether oxygens (including phenoxy) is 2. The van der Waals surface area contributed by atoms with E-state index in [0.717, 1.165) is 24.0 Å². The van der Waals surface area contributed by atoms with Crippen molar-refractivity contribution in [2.75, 3.05) is 14.2 Å². The lowest BCUT2D eigenvalue weighted by Gasteiger charge is -2.08. The van der Waals surface area contributed by atoms with Gasteiger partial charge in [0, 0.05) is 7.11 Å². The monoisotopic (exact) mass is 208 g/mol. The summed E-state index contributed by atoms with van der Waals surface area (Å²) in [6.45, 7) is 0. The largest absolute Gasteiger partial charge is 0.497 e. The van der Waals surface area contributed by atoms with Gasteiger partial charge in [0.05, 0.1) is 7.11 Å². The van der Waals surface area contributed by atoms with Gasteiger partial charge in [0.2, 0.25) is 0 Å². The molecule has 0 saturated heterocycles. The highest BCUT2D eigenvalue weighted by Gasteiger charge is 2.05. The molecule has 0 N–H and O–H groups in total. The lowest BCUT2D eigenvalue weighted by molar-refractivity contribution is -0.116. The summed E-state index contributed by atoms with van der Waals surface area (Å²) in [7, 11) is 3.19. The molecule has 0 aliphatic rings. The molecule has 1 atom stereocenters. The van der Waals surface area contributed by atoms with Gasteiger partial charge >= 0.3 is 0 Å². The number of carbonyl (C=O) groups is 1. The Morgan fingerprint density at radius 2 is 2.20 bits per heavy atom. The maximum absolute atomic E-state index is 10.5. The third kappa shape index (κ3) is 3.72. The van der Waals surface area contributed by atoms with E-state index >= 15 is 0 Å². The van der Waals surface area contributed by atoms with Gasteiger partial charge in [-0.3, -0.25) is 0 Å². The first-order valence-electron chi connectivity index (χ1n) is 4.91. The molecule has 15 heavy (non-hydrogen) atoms. The molecule has 1 rings (SSSR count). The third-order valence-corrected chi connectivity index (χ3v) is 2.31. The number of hydrogen-bond donors (Lipinski definition) is 0. The van der Waals surface area contributed by atoms with Crippen LogP contribution in [-0.4, -0.2) is 26.6 Å². The average molecular weight is 208 g/mol. The Morgan fingerprint density at radius 1 is 1.40 bits per heavy atom. The van der Waals surface area contributed by atoms with Crippen molar-refractivity contribution >= 4 is 6.29 Å². The number of hydrogen-bond acceptors (Lipinski definition) is 3. The van der Waals surface area contributed by atoms with Crippen molar-refractivity contribution in [1.82, 2.24) is 0 Å². The van der Waals surface area contributed by atoms with Crippen LogP contribution < -0.4 is 4.74 Å². The molecular weight excluding hydrogens is 192 g/mol. The van der Waals surface area contributed by atoms with E-state index in [9.17, 15) is 4.79 Å². The van der Waals surface area contributed by atoms with Crippen LogP contribution in [0.3, 0.4) is 0 Å². The number of aryl methyl sites for hydroxylation is 1. The van der Waals surface area contributed by atoms with Gasteiger partial charge in [-0.25, -0.2) is 0 Å². The molecule has 0 heterocycles. The molecule has 0 aliphatic carbocycles. The van der Waals surface area contributed by atoms with E-state index in [4.69, 9.17) is 9.47 Å². The minimum absolute atomic E-state index is 0.309. The van der Waals surface area contributed by atoms with E-state index in [-0.39, 0.29) is 6.10 Å². The van der Waals surface area contributed by atoms with Crippen molar-refractivity contribution in [2.45, 2.75) is 18.9 Å². The highest BCUT2D eigenvalue weighted by atomic mass is 16.5. The van der Waals surface area contributed by atoms with Gasteiger partial charge in [0.15, 0.2) is 0 Å². The molecule has 82 valence electrons. The van der Waals surface area contributed by atoms with Crippen LogP contribution >= 0.6 is 0 Å². The first-order valence-corrected chi connectivity index (χ1v) is 4.91. The Hall–Kier alpha value is -1.35. The Labute approximate surface area is 90.0 Å². The maximum atomic E-state index is 10.5. The van der Waals surface area contributed by atoms with Crippen LogP contribution in [0.1, 0.15) is 12.0 Å². The summed E-state index contributed by atoms with van der Waals surface area (Å²) in [6.07, 6.45) is 2.04. The molecule has 3 heteroatoms. The molecule has 0 aromatic heterocycles. The molecule has 1 aromatic rings. The van der Waals surface area contributed by atoms with Crippen LogP contribution in [0.2, 0.25) is 0 Å². The molecule has 1 aromatic carbocycles. The third-order valence-electron chi connectivity index (χ3n) is 2.31. The van der Waals surface area contributed by atoms with Crippen LogP contribution in [0, 0.1) is 0 Å². The van der Waals surface area contributed by atoms with E-state index < -0.39 is 0 Å². The fourth-order valence-electron chi connectivity index (χ4n) is 1.38. The van der Waals surface area contributed by atoms with Crippen molar-refractivity contribution in [2.24, 2.45) is 0 Å². The van der Waals surface area contributed by atoms with Crippen molar-refractivity contribution < 1.29 is 14.3 Å². The Kier molecular flexibility index (Phi) is 4.84. The van der Waals surface area contributed by atoms with Crippen molar-refractivity contribution in [3.8, 4) is 5.75 Å². The van der Waals surface area contributed by atoms with Crippen LogP contribution in [0.15, 0.2) is 24.3 Å². The predicted molar refractivity (Wildman–Crippen MR) is 58.2 cm³/mol. The first-order chi connectivity index (χ1) is 7.30. The molecule has 3 nitrogen and oxygen atoms in total. The molecule has 0 aliphatic heterocycles. The minimum Gasteiger partial charge on any atom is -0.497 e. The zero-order chi connectivity index (χ0) is 11.1. The summed E-state index contributed by atoms with van der Waals surface area (Å²) in [5.41, 5.74) is 1.15. The smallest absolute Gasteiger partial charge is 0.148 e. The van der Waals surface area contributed by atoms with Crippen molar-refractivity contribution in [3.05, 3.63) is 29.8 Å². The van der Waals surface area contributed by atoms with Crippen LogP contribution in [-0.2, 0) is 16.0 Å². The quantitative estimate of drug-likeness (QED) is 0.669. The van der Waals surface area contributed by atoms with Gasteiger partial charge in [-0.15, -0.1) is 0 Å². The molecular formula is C12H16O3. The second-order valence-corrected chi connectivity index (χ2v) is 3.30. The molecule has 1 unspecified atom stereocenters. The second kappa shape index (κ2) is 6.19. The van der Waals surface area contributed by atoms with E-state index in [0.29, 0.717) is 6.42 Å². The summed E-state index contributed by atoms with van der Waals surface area (Å²) in [6, 6.07) is 7.82. The highest BCUT2D eigenvalue weighted by molar-refractivity contribution is 5.55. The van der Waals surface area contributed by atoms with E-state index in [1.165, 1.54) is 0 Å². The number of rotatable bonds is 6. The summed E-state index contributed by atoms with van der Waals surface area (Å²) in [4.78, 5) is 10.5. The minimum atomic E-state index is -0.309. The molecule has 0 spiro atoms. The van der Waals surface area contributed by atoms with Crippen molar-refractivity contribution in [1.29, 1.82) is 0 Å². The summed E-state index contributed by atoms with van der Waals surface area (Å²) < 4.78 is 10.1. The fraction of sp³-hybridized carbons (Fsp3) is 0.417. The summed E-state index contributed by atoms with van der Waals surface area (Å²) in [5.74, 6) is 0.840. The van der Waals surface area contributed by atoms with Gasteiger partial charge in [0.25, 0.3) is 0 Å². The second-order valence-electron chi connectivity index (χ2n) is 3.30. The zero-order valence-electron chi connectivity index (χ0n) is 9.10. The van der Waals surface area contributed by atoms with Crippen molar-refractivity contribution in [3.63, 3.8) is 0 Å². The Morgan fingerprint density at radius 3 is 2.80 bits per heavy atom. The number of benzene rings is 1. The molecule has 0 bridgehead atoms. The Balaban J connectivity index is 2.52. The lowest BCUT2D eigenvalue weighted by atomic mass is 10.1. The normalized spacial score (nSPS) is 12.1. The van der Waals surface area contributed by atoms with E-state index in [2.05, 4.69) is 0 Å². The molecule has 0 fully saturated rings. The fourth-order valence-corrected chi connectivity index (χ4v) is 1.38. The van der Waals surface area contributed by atoms with E-state index in [1.54, 1.807) is 14.2 Å². The lowest BCUT2D eigenvalue weighted by Crippen LogP contribution is -2.12. The first kappa shape index (κ1) is 11.7. The highest BCUT2D eigenvalue weighted by Crippen LogP contribution is 2.14. The topological polar surface area (TPSA) is 35.5 Å². The number of aldehydes is 1. The van der Waals surface area contributed by atoms with Gasteiger partial charge < -0.3 is 14.3 Å². The number of carbonyl (C=O) groups excluding carboxylic acids is 1. The van der Waals surface area contributed by atoms with Gasteiger partial charge in [-0.2, -0.15) is 0 Å². The van der Waals surface area contributed by atoms with E-state index in [1.807, 2.05) is 24.3 Å². The van der Waals surface area contributed by atoms with Gasteiger partial charge in [0.1, 0.15) is 18.1 Å². The van der Waals surface area contributed by atoms with Crippen LogP contribution in [0.5, 0.6) is 5.75 Å². The summed E-state index contributed by atoms with van der Waals surface area (Å²) in [5, 5.41) is 0. The average Bonchev–Trinajstić information content (AvgIpc) is 2.31. The molecule has 0 radical (unpaired) electrons. The standard InChI is InChI=1S/C12H16O3/c1-14-11-5-3-4-10(8-11)6-7-12(9-13)15-2/h3-5,8-9,12H,6-7H2,1-2H3. The number of methoxy groups -OCH3 is 2. The SMILES string of the molecule is COc1cccc(CCC(C=O)OC)c1. The predicted octanol–water partition coefficient (Wildman–Crippen LogP) is 1.84. The molecule has 0 saturated carbocycles. The van der Waals surface area contributed by atoms with Gasteiger partial charge in [-0.05, 0) is 30.5 Å². The maximum Gasteiger partial charge on any atom is 0.148 e. The van der Waals surface area contributed by atoms with Gasteiger partial charge in [-0.1, -0.05) is 12.1 Å². The summed E-state index contributed by atoms with van der Waals surface area (Å²) >= 11 is 0. The van der Waals surface area contributed by atoms with Crippen LogP contribution in [0.4, 0.5) is 0 Å². The molecule has 0 amide bonds. The van der Waals surface area contributed by atoms with Crippen LogP contribution in [0.25, 0.3) is 0 Å². The Bertz CT molecular complexity index is 309.